The van der Waals surface area contributed by atoms with Crippen molar-refractivity contribution in [3.05, 3.63) is 52.9 Å². The van der Waals surface area contributed by atoms with E-state index in [1.54, 1.807) is 30.3 Å². The first kappa shape index (κ1) is 14.1. The molecule has 96 valence electrons. The molecule has 2 N–H and O–H groups in total. The lowest BCUT2D eigenvalue weighted by Crippen LogP contribution is -2.21. The Bertz CT molecular complexity index is 444. The van der Waals surface area contributed by atoms with Crippen molar-refractivity contribution in [1.29, 1.82) is 0 Å². The Balaban J connectivity index is 2.86. The number of azide groups is 1. The number of hydrogen-bond acceptors (Lipinski definition) is 4. The minimum absolute atomic E-state index is 0.201. The van der Waals surface area contributed by atoms with Crippen LogP contribution >= 0.6 is 0 Å². The van der Waals surface area contributed by atoms with Crippen LogP contribution < -0.4 is 4.74 Å². The lowest BCUT2D eigenvalue weighted by atomic mass is 10.0. The molecule has 1 aromatic carbocycles. The lowest BCUT2D eigenvalue weighted by molar-refractivity contribution is 0.0228. The van der Waals surface area contributed by atoms with Crippen molar-refractivity contribution in [2.24, 2.45) is 5.11 Å². The molecule has 1 aromatic rings. The van der Waals surface area contributed by atoms with Crippen molar-refractivity contribution in [2.75, 3.05) is 13.2 Å². The van der Waals surface area contributed by atoms with Crippen LogP contribution in [0.1, 0.15) is 11.7 Å². The number of nitrogens with zero attached hydrogens (tertiary/aromatic N) is 3. The standard InChI is InChI=1S/C12H15N3O3/c1-2-7-18-11-6-4-3-5-9(11)12(17)10(16)8-14-15-13/h2-6,10,12,16-17H,1,7-8H2. The minimum atomic E-state index is -1.17. The largest absolute Gasteiger partial charge is 0.489 e. The van der Waals surface area contributed by atoms with Crippen molar-refractivity contribution in [3.8, 4) is 5.75 Å². The average Bonchev–Trinajstić information content (AvgIpc) is 2.42. The monoisotopic (exact) mass is 249 g/mol. The molecular weight excluding hydrogens is 234 g/mol. The number of hydrogen-bond donors (Lipinski definition) is 2. The van der Waals surface area contributed by atoms with Gasteiger partial charge in [0, 0.05) is 10.5 Å². The molecule has 18 heavy (non-hydrogen) atoms. The molecule has 0 aromatic heterocycles. The van der Waals surface area contributed by atoms with Gasteiger partial charge < -0.3 is 14.9 Å². The molecule has 1 rings (SSSR count). The molecule has 0 fully saturated rings. The predicted octanol–water partition coefficient (Wildman–Crippen LogP) is 1.96. The summed E-state index contributed by atoms with van der Waals surface area (Å²) in [5, 5.41) is 22.8. The average molecular weight is 249 g/mol. The van der Waals surface area contributed by atoms with Crippen LogP contribution in [0.25, 0.3) is 10.4 Å². The van der Waals surface area contributed by atoms with Crippen molar-refractivity contribution in [3.63, 3.8) is 0 Å². The Kier molecular flexibility index (Phi) is 5.73. The van der Waals surface area contributed by atoms with Crippen LogP contribution in [0.2, 0.25) is 0 Å². The highest BCUT2D eigenvalue weighted by Gasteiger charge is 2.20. The molecule has 0 heterocycles. The van der Waals surface area contributed by atoms with Gasteiger partial charge >= 0.3 is 0 Å². The number of rotatable bonds is 7. The van der Waals surface area contributed by atoms with E-state index in [0.717, 1.165) is 0 Å². The molecule has 0 saturated heterocycles. The Morgan fingerprint density at radius 3 is 2.83 bits per heavy atom. The van der Waals surface area contributed by atoms with Crippen LogP contribution in [0.15, 0.2) is 42.0 Å². The molecule has 6 nitrogen and oxygen atoms in total. The van der Waals surface area contributed by atoms with Crippen LogP contribution in [0.5, 0.6) is 5.75 Å². The Hall–Kier alpha value is -2.01. The topological polar surface area (TPSA) is 98.5 Å². The first-order chi connectivity index (χ1) is 8.70. The summed E-state index contributed by atoms with van der Waals surface area (Å²) in [7, 11) is 0. The van der Waals surface area contributed by atoms with Crippen molar-refractivity contribution >= 4 is 0 Å². The molecule has 0 amide bonds. The number of ether oxygens (including phenoxy) is 1. The van der Waals surface area contributed by atoms with Crippen LogP contribution in [0.3, 0.4) is 0 Å². The van der Waals surface area contributed by atoms with E-state index in [1.807, 2.05) is 0 Å². The Morgan fingerprint density at radius 2 is 2.17 bits per heavy atom. The first-order valence-electron chi connectivity index (χ1n) is 5.40. The van der Waals surface area contributed by atoms with Crippen LogP contribution in [0.4, 0.5) is 0 Å². The summed E-state index contributed by atoms with van der Waals surface area (Å²) in [5.41, 5.74) is 8.61. The Morgan fingerprint density at radius 1 is 1.44 bits per heavy atom. The van der Waals surface area contributed by atoms with Gasteiger partial charge in [-0.3, -0.25) is 0 Å². The third-order valence-electron chi connectivity index (χ3n) is 2.29. The van der Waals surface area contributed by atoms with Gasteiger partial charge in [0.2, 0.25) is 0 Å². The second-order valence-electron chi connectivity index (χ2n) is 3.56. The molecule has 0 bridgehead atoms. The van der Waals surface area contributed by atoms with Crippen LogP contribution in [-0.4, -0.2) is 29.5 Å². The summed E-state index contributed by atoms with van der Waals surface area (Å²) in [5.74, 6) is 0.463. The summed E-state index contributed by atoms with van der Waals surface area (Å²) < 4.78 is 5.37. The summed E-state index contributed by atoms with van der Waals surface area (Å²) in [6, 6.07) is 6.80. The van der Waals surface area contributed by atoms with Crippen LogP contribution in [0, 0.1) is 0 Å². The summed E-state index contributed by atoms with van der Waals surface area (Å²) in [6.45, 7) is 3.63. The maximum atomic E-state index is 9.96. The third-order valence-corrected chi connectivity index (χ3v) is 2.29. The zero-order valence-electron chi connectivity index (χ0n) is 9.81. The smallest absolute Gasteiger partial charge is 0.125 e. The molecule has 0 radical (unpaired) electrons. The van der Waals surface area contributed by atoms with E-state index in [2.05, 4.69) is 16.6 Å². The highest BCUT2D eigenvalue weighted by molar-refractivity contribution is 5.35. The van der Waals surface area contributed by atoms with Gasteiger partial charge in [-0.2, -0.15) is 0 Å². The van der Waals surface area contributed by atoms with E-state index < -0.39 is 12.2 Å². The molecule has 0 aliphatic rings. The Labute approximate surface area is 105 Å². The molecule has 0 spiro atoms. The van der Waals surface area contributed by atoms with Gasteiger partial charge in [0.1, 0.15) is 18.5 Å². The summed E-state index contributed by atoms with van der Waals surface area (Å²) >= 11 is 0. The zero-order valence-corrected chi connectivity index (χ0v) is 9.81. The van der Waals surface area contributed by atoms with Gasteiger partial charge in [0.05, 0.1) is 12.6 Å². The molecule has 2 unspecified atom stereocenters. The van der Waals surface area contributed by atoms with Gasteiger partial charge in [-0.05, 0) is 11.6 Å². The molecule has 0 aliphatic heterocycles. The normalized spacial score (nSPS) is 13.2. The fourth-order valence-corrected chi connectivity index (χ4v) is 1.43. The van der Waals surface area contributed by atoms with E-state index >= 15 is 0 Å². The van der Waals surface area contributed by atoms with Gasteiger partial charge in [-0.25, -0.2) is 0 Å². The maximum absolute atomic E-state index is 9.96. The second-order valence-corrected chi connectivity index (χ2v) is 3.56. The fourth-order valence-electron chi connectivity index (χ4n) is 1.43. The van der Waals surface area contributed by atoms with E-state index in [1.165, 1.54) is 0 Å². The predicted molar refractivity (Wildman–Crippen MR) is 67.1 cm³/mol. The highest BCUT2D eigenvalue weighted by atomic mass is 16.5. The minimum Gasteiger partial charge on any atom is -0.489 e. The van der Waals surface area contributed by atoms with Gasteiger partial charge in [-0.15, -0.1) is 0 Å². The summed E-state index contributed by atoms with van der Waals surface area (Å²) in [4.78, 5) is 2.53. The SMILES string of the molecule is C=CCOc1ccccc1C(O)C(O)CN=[N+]=[N-]. The highest BCUT2D eigenvalue weighted by Crippen LogP contribution is 2.27. The van der Waals surface area contributed by atoms with Gasteiger partial charge in [0.15, 0.2) is 0 Å². The van der Waals surface area contributed by atoms with E-state index in [4.69, 9.17) is 10.3 Å². The van der Waals surface area contributed by atoms with Crippen molar-refractivity contribution < 1.29 is 14.9 Å². The number of aliphatic hydroxyl groups excluding tert-OH is 2. The molecule has 2 atom stereocenters. The first-order valence-corrected chi connectivity index (χ1v) is 5.40. The van der Waals surface area contributed by atoms with Crippen molar-refractivity contribution in [1.82, 2.24) is 0 Å². The lowest BCUT2D eigenvalue weighted by Gasteiger charge is -2.19. The summed E-state index contributed by atoms with van der Waals surface area (Å²) in [6.07, 6.45) is -0.759. The second kappa shape index (κ2) is 7.34. The quantitative estimate of drug-likeness (QED) is 0.334. The van der Waals surface area contributed by atoms with E-state index in [-0.39, 0.29) is 6.54 Å². The van der Waals surface area contributed by atoms with E-state index in [0.29, 0.717) is 17.9 Å². The van der Waals surface area contributed by atoms with Crippen LogP contribution in [-0.2, 0) is 0 Å². The van der Waals surface area contributed by atoms with Gasteiger partial charge in [-0.1, -0.05) is 36.0 Å². The zero-order chi connectivity index (χ0) is 13.4. The molecule has 0 aliphatic carbocycles. The number of aliphatic hydroxyl groups is 2. The van der Waals surface area contributed by atoms with Crippen molar-refractivity contribution in [2.45, 2.75) is 12.2 Å². The molecule has 6 heteroatoms. The fraction of sp³-hybridized carbons (Fsp3) is 0.333. The third kappa shape index (κ3) is 3.78. The van der Waals surface area contributed by atoms with Gasteiger partial charge in [0.25, 0.3) is 0 Å². The molecular formula is C12H15N3O3. The molecule has 0 saturated carbocycles. The maximum Gasteiger partial charge on any atom is 0.125 e. The number of benzene rings is 1. The van der Waals surface area contributed by atoms with E-state index in [9.17, 15) is 10.2 Å². The number of para-hydroxylation sites is 1.